The first kappa shape index (κ1) is 24.3. The molecule has 2 heterocycles. The zero-order valence-corrected chi connectivity index (χ0v) is 22.3. The molecule has 31 heavy (non-hydrogen) atoms. The number of fused-ring (bicyclic) bond motifs is 1. The molecular weight excluding hydrogens is 495 g/mol. The van der Waals surface area contributed by atoms with Crippen molar-refractivity contribution in [1.82, 2.24) is 10.2 Å². The molecular formula is C25H38N2O3Sn. The number of hydrogen-bond donors (Lipinski definition) is 1. The zero-order valence-electron chi connectivity index (χ0n) is 19.5. The van der Waals surface area contributed by atoms with Crippen LogP contribution in [0.3, 0.4) is 0 Å². The molecule has 1 unspecified atom stereocenters. The van der Waals surface area contributed by atoms with E-state index in [2.05, 4.69) is 38.2 Å². The van der Waals surface area contributed by atoms with E-state index in [1.807, 2.05) is 6.07 Å². The molecule has 3 amide bonds. The Morgan fingerprint density at radius 1 is 0.968 bits per heavy atom. The summed E-state index contributed by atoms with van der Waals surface area (Å²) in [6.07, 6.45) is 8.36. The van der Waals surface area contributed by atoms with Gasteiger partial charge in [-0.15, -0.1) is 0 Å². The Morgan fingerprint density at radius 2 is 1.58 bits per heavy atom. The van der Waals surface area contributed by atoms with Crippen molar-refractivity contribution in [3.05, 3.63) is 29.3 Å². The number of hydrogen-bond acceptors (Lipinski definition) is 3. The fraction of sp³-hybridized carbons (Fsp3) is 0.640. The summed E-state index contributed by atoms with van der Waals surface area (Å²) in [6.45, 7) is 7.35. The summed E-state index contributed by atoms with van der Waals surface area (Å²) < 4.78 is 5.76. The summed E-state index contributed by atoms with van der Waals surface area (Å²) in [4.78, 5) is 38.6. The van der Waals surface area contributed by atoms with Gasteiger partial charge in [0.15, 0.2) is 0 Å². The van der Waals surface area contributed by atoms with Crippen molar-refractivity contribution in [1.29, 1.82) is 0 Å². The predicted molar refractivity (Wildman–Crippen MR) is 127 cm³/mol. The number of amides is 3. The summed E-state index contributed by atoms with van der Waals surface area (Å²) in [5, 5.41) is 2.40. The Morgan fingerprint density at radius 3 is 2.13 bits per heavy atom. The first-order valence-electron chi connectivity index (χ1n) is 12.2. The van der Waals surface area contributed by atoms with Crippen molar-refractivity contribution >= 4 is 39.7 Å². The fourth-order valence-electron chi connectivity index (χ4n) is 5.26. The average molecular weight is 533 g/mol. The van der Waals surface area contributed by atoms with E-state index in [1.54, 1.807) is 8.48 Å². The van der Waals surface area contributed by atoms with Gasteiger partial charge in [-0.2, -0.15) is 0 Å². The maximum absolute atomic E-state index is 13.1. The molecule has 1 aromatic carbocycles. The molecule has 3 rings (SSSR count). The van der Waals surface area contributed by atoms with E-state index in [0.29, 0.717) is 19.4 Å². The van der Waals surface area contributed by atoms with Gasteiger partial charge in [0.25, 0.3) is 0 Å². The Kier molecular flexibility index (Phi) is 8.59. The standard InChI is InChI=1S/C13H11N2O3.3C4H9.Sn/c16-11-6-5-10(12(17)14-11)15-7-8-3-1-2-4-9(8)13(15)18;3*1-3-4-2;/h2-4,10H,5-7H2,(H,14,16,17);3*1,3-4H2,2H3;. The van der Waals surface area contributed by atoms with Crippen molar-refractivity contribution in [2.75, 3.05) is 0 Å². The second-order valence-corrected chi connectivity index (χ2v) is 22.6. The third-order valence-corrected chi connectivity index (χ3v) is 22.8. The van der Waals surface area contributed by atoms with Crippen LogP contribution in [0.1, 0.15) is 88.1 Å². The van der Waals surface area contributed by atoms with Gasteiger partial charge in [0, 0.05) is 0 Å². The number of unbranched alkanes of at least 4 members (excludes halogenated alkanes) is 3. The Hall–Kier alpha value is -1.37. The number of rotatable bonds is 11. The molecule has 5 nitrogen and oxygen atoms in total. The SMILES string of the molecule is CCC[CH2][Sn]([CH2]CCC)([CH2]CCC)[c]1ccc2c(c1)CN(C1CCC(=O)NC1=O)C2=O. The summed E-state index contributed by atoms with van der Waals surface area (Å²) in [7, 11) is 0. The van der Waals surface area contributed by atoms with Crippen LogP contribution in [0.4, 0.5) is 0 Å². The summed E-state index contributed by atoms with van der Waals surface area (Å²) in [5.74, 6) is -0.637. The van der Waals surface area contributed by atoms with E-state index >= 15 is 0 Å². The minimum absolute atomic E-state index is 0.0625. The molecule has 0 aromatic heterocycles. The number of benzene rings is 1. The monoisotopic (exact) mass is 534 g/mol. The van der Waals surface area contributed by atoms with E-state index in [9.17, 15) is 14.4 Å². The van der Waals surface area contributed by atoms with Crippen LogP contribution >= 0.6 is 0 Å². The van der Waals surface area contributed by atoms with Crippen LogP contribution in [0.25, 0.3) is 0 Å². The zero-order chi connectivity index (χ0) is 22.4. The maximum atomic E-state index is 13.1. The van der Waals surface area contributed by atoms with Crippen LogP contribution < -0.4 is 8.90 Å². The van der Waals surface area contributed by atoms with Gasteiger partial charge >= 0.3 is 192 Å². The van der Waals surface area contributed by atoms with Crippen molar-refractivity contribution in [3.8, 4) is 0 Å². The molecule has 1 fully saturated rings. The van der Waals surface area contributed by atoms with Gasteiger partial charge < -0.3 is 0 Å². The number of carbonyl (C=O) groups excluding carboxylic acids is 3. The Balaban J connectivity index is 1.89. The van der Waals surface area contributed by atoms with E-state index in [-0.39, 0.29) is 17.7 Å². The van der Waals surface area contributed by atoms with Crippen LogP contribution in [0, 0.1) is 0 Å². The van der Waals surface area contributed by atoms with Crippen molar-refractivity contribution in [2.45, 2.75) is 98.0 Å². The first-order valence-corrected chi connectivity index (χ1v) is 19.7. The van der Waals surface area contributed by atoms with Crippen molar-refractivity contribution in [3.63, 3.8) is 0 Å². The molecule has 1 atom stereocenters. The van der Waals surface area contributed by atoms with Gasteiger partial charge in [-0.25, -0.2) is 0 Å². The Bertz CT molecular complexity index is 801. The van der Waals surface area contributed by atoms with Crippen LogP contribution in [-0.4, -0.2) is 47.0 Å². The molecule has 0 spiro atoms. The van der Waals surface area contributed by atoms with Gasteiger partial charge in [0.1, 0.15) is 0 Å². The van der Waals surface area contributed by atoms with E-state index in [0.717, 1.165) is 11.1 Å². The molecule has 2 aliphatic rings. The minimum atomic E-state index is -2.56. The third-order valence-electron chi connectivity index (χ3n) is 7.16. The van der Waals surface area contributed by atoms with Crippen molar-refractivity contribution < 1.29 is 14.4 Å². The molecule has 0 bridgehead atoms. The number of nitrogens with one attached hydrogen (secondary N) is 1. The van der Waals surface area contributed by atoms with Gasteiger partial charge in [0.2, 0.25) is 0 Å². The second kappa shape index (κ2) is 11.0. The quantitative estimate of drug-likeness (QED) is 0.337. The Labute approximate surface area is 191 Å². The third kappa shape index (κ3) is 5.34. The molecule has 1 saturated heterocycles. The molecule has 6 heteroatoms. The van der Waals surface area contributed by atoms with Gasteiger partial charge in [-0.05, 0) is 0 Å². The van der Waals surface area contributed by atoms with Gasteiger partial charge in [-0.3, -0.25) is 0 Å². The number of carbonyl (C=O) groups is 3. The molecule has 0 aliphatic carbocycles. The number of imide groups is 1. The number of nitrogens with zero attached hydrogens (tertiary/aromatic N) is 1. The van der Waals surface area contributed by atoms with Crippen molar-refractivity contribution in [2.24, 2.45) is 0 Å². The molecule has 170 valence electrons. The molecule has 1 N–H and O–H groups in total. The van der Waals surface area contributed by atoms with Crippen LogP contribution in [-0.2, 0) is 16.1 Å². The summed E-state index contributed by atoms with van der Waals surface area (Å²) in [5.41, 5.74) is 1.83. The number of piperidine rings is 1. The van der Waals surface area contributed by atoms with E-state index < -0.39 is 24.4 Å². The summed E-state index contributed by atoms with van der Waals surface area (Å²) in [6, 6.07) is 6.11. The average Bonchev–Trinajstić information content (AvgIpc) is 3.09. The summed E-state index contributed by atoms with van der Waals surface area (Å²) >= 11 is -2.56. The van der Waals surface area contributed by atoms with E-state index in [4.69, 9.17) is 0 Å². The van der Waals surface area contributed by atoms with E-state index in [1.165, 1.54) is 51.8 Å². The predicted octanol–water partition coefficient (Wildman–Crippen LogP) is 4.50. The van der Waals surface area contributed by atoms with Gasteiger partial charge in [-0.1, -0.05) is 0 Å². The normalized spacial score (nSPS) is 19.0. The van der Waals surface area contributed by atoms with Crippen LogP contribution in [0.5, 0.6) is 0 Å². The molecule has 0 radical (unpaired) electrons. The molecule has 1 aromatic rings. The topological polar surface area (TPSA) is 66.5 Å². The molecule has 0 saturated carbocycles. The fourth-order valence-corrected chi connectivity index (χ4v) is 21.3. The van der Waals surface area contributed by atoms with Crippen LogP contribution in [0.15, 0.2) is 18.2 Å². The molecule has 2 aliphatic heterocycles. The van der Waals surface area contributed by atoms with Crippen LogP contribution in [0.2, 0.25) is 13.3 Å². The second-order valence-electron chi connectivity index (χ2n) is 9.36. The van der Waals surface area contributed by atoms with Gasteiger partial charge in [0.05, 0.1) is 0 Å². The first-order chi connectivity index (χ1) is 15.0.